The third-order valence-electron chi connectivity index (χ3n) is 3.70. The Bertz CT molecular complexity index is 653. The quantitative estimate of drug-likeness (QED) is 0.880. The Labute approximate surface area is 124 Å². The lowest BCUT2D eigenvalue weighted by atomic mass is 10.2. The molecule has 0 unspecified atom stereocenters. The summed E-state index contributed by atoms with van der Waals surface area (Å²) in [6.45, 7) is 2.01. The molecule has 21 heavy (non-hydrogen) atoms. The summed E-state index contributed by atoms with van der Waals surface area (Å²) in [7, 11) is 3.56. The molecule has 0 spiro atoms. The van der Waals surface area contributed by atoms with Gasteiger partial charge in [-0.1, -0.05) is 12.1 Å². The zero-order chi connectivity index (χ0) is 14.8. The lowest BCUT2D eigenvalue weighted by Crippen LogP contribution is -2.07. The Kier molecular flexibility index (Phi) is 3.64. The summed E-state index contributed by atoms with van der Waals surface area (Å²) in [5.41, 5.74) is 1.92. The van der Waals surface area contributed by atoms with Gasteiger partial charge in [0.25, 0.3) is 0 Å². The first-order valence-corrected chi connectivity index (χ1v) is 7.19. The van der Waals surface area contributed by atoms with Crippen molar-refractivity contribution in [3.63, 3.8) is 0 Å². The molecule has 1 aromatic heterocycles. The van der Waals surface area contributed by atoms with Crippen LogP contribution in [0.4, 0.5) is 17.3 Å². The molecule has 1 heterocycles. The second-order valence-electron chi connectivity index (χ2n) is 5.25. The third-order valence-corrected chi connectivity index (χ3v) is 3.70. The standard InChI is InChI=1S/C16H20N4O/c1-10-14(17-2)19-16(11-8-9-11)20-15(10)18-12-6-4-5-7-13(12)21-3/h4-7,11H,8-9H2,1-3H3,(H2,17,18,19,20). The molecular formula is C16H20N4O. The number of aromatic nitrogens is 2. The van der Waals surface area contributed by atoms with Gasteiger partial charge in [-0.05, 0) is 31.9 Å². The predicted octanol–water partition coefficient (Wildman–Crippen LogP) is 3.46. The molecule has 2 N–H and O–H groups in total. The first-order valence-electron chi connectivity index (χ1n) is 7.19. The zero-order valence-electron chi connectivity index (χ0n) is 12.6. The van der Waals surface area contributed by atoms with E-state index < -0.39 is 0 Å². The van der Waals surface area contributed by atoms with Gasteiger partial charge in [0.2, 0.25) is 0 Å². The number of hydrogen-bond donors (Lipinski definition) is 2. The highest BCUT2D eigenvalue weighted by Gasteiger charge is 2.28. The van der Waals surface area contributed by atoms with Gasteiger partial charge in [0.1, 0.15) is 23.2 Å². The molecule has 1 aliphatic rings. The smallest absolute Gasteiger partial charge is 0.142 e. The van der Waals surface area contributed by atoms with E-state index in [1.807, 2.05) is 38.2 Å². The predicted molar refractivity (Wildman–Crippen MR) is 84.6 cm³/mol. The van der Waals surface area contributed by atoms with Crippen LogP contribution in [0.5, 0.6) is 5.75 Å². The van der Waals surface area contributed by atoms with Gasteiger partial charge in [0, 0.05) is 18.5 Å². The molecule has 5 heteroatoms. The maximum atomic E-state index is 5.38. The number of ether oxygens (including phenoxy) is 1. The fourth-order valence-electron chi connectivity index (χ4n) is 2.30. The second kappa shape index (κ2) is 5.60. The fraction of sp³-hybridized carbons (Fsp3) is 0.375. The van der Waals surface area contributed by atoms with Crippen molar-refractivity contribution in [2.75, 3.05) is 24.8 Å². The minimum Gasteiger partial charge on any atom is -0.495 e. The van der Waals surface area contributed by atoms with Crippen LogP contribution in [0.25, 0.3) is 0 Å². The molecule has 3 rings (SSSR count). The van der Waals surface area contributed by atoms with Crippen molar-refractivity contribution >= 4 is 17.3 Å². The molecular weight excluding hydrogens is 264 g/mol. The average molecular weight is 284 g/mol. The van der Waals surface area contributed by atoms with Crippen molar-refractivity contribution in [1.29, 1.82) is 0 Å². The molecule has 1 aromatic carbocycles. The number of para-hydroxylation sites is 2. The van der Waals surface area contributed by atoms with Crippen LogP contribution in [0.15, 0.2) is 24.3 Å². The van der Waals surface area contributed by atoms with E-state index in [0.717, 1.165) is 34.5 Å². The molecule has 0 saturated heterocycles. The van der Waals surface area contributed by atoms with E-state index in [9.17, 15) is 0 Å². The second-order valence-corrected chi connectivity index (χ2v) is 5.25. The molecule has 5 nitrogen and oxygen atoms in total. The van der Waals surface area contributed by atoms with E-state index in [1.165, 1.54) is 12.8 Å². The van der Waals surface area contributed by atoms with Gasteiger partial charge in [-0.3, -0.25) is 0 Å². The molecule has 2 aromatic rings. The van der Waals surface area contributed by atoms with E-state index in [-0.39, 0.29) is 0 Å². The maximum Gasteiger partial charge on any atom is 0.142 e. The Balaban J connectivity index is 1.99. The Morgan fingerprint density at radius 3 is 2.52 bits per heavy atom. The third kappa shape index (κ3) is 2.77. The number of nitrogens with one attached hydrogen (secondary N) is 2. The molecule has 0 bridgehead atoms. The SMILES string of the molecule is CNc1nc(C2CC2)nc(Nc2ccccc2OC)c1C. The van der Waals surface area contributed by atoms with Crippen molar-refractivity contribution in [1.82, 2.24) is 9.97 Å². The number of rotatable bonds is 5. The molecule has 0 amide bonds. The Morgan fingerprint density at radius 1 is 1.14 bits per heavy atom. The minimum atomic E-state index is 0.510. The minimum absolute atomic E-state index is 0.510. The van der Waals surface area contributed by atoms with Gasteiger partial charge < -0.3 is 15.4 Å². The maximum absolute atomic E-state index is 5.38. The van der Waals surface area contributed by atoms with E-state index in [1.54, 1.807) is 7.11 Å². The van der Waals surface area contributed by atoms with Gasteiger partial charge in [-0.15, -0.1) is 0 Å². The Hall–Kier alpha value is -2.30. The number of hydrogen-bond acceptors (Lipinski definition) is 5. The molecule has 0 atom stereocenters. The van der Waals surface area contributed by atoms with Crippen molar-refractivity contribution in [2.24, 2.45) is 0 Å². The van der Waals surface area contributed by atoms with Crippen LogP contribution in [-0.4, -0.2) is 24.1 Å². The lowest BCUT2D eigenvalue weighted by Gasteiger charge is -2.15. The first kappa shape index (κ1) is 13.7. The summed E-state index contributed by atoms with van der Waals surface area (Å²) >= 11 is 0. The van der Waals surface area contributed by atoms with Crippen molar-refractivity contribution in [3.8, 4) is 5.75 Å². The number of benzene rings is 1. The molecule has 1 saturated carbocycles. The number of anilines is 3. The van der Waals surface area contributed by atoms with Crippen LogP contribution in [0.1, 0.15) is 30.1 Å². The van der Waals surface area contributed by atoms with Gasteiger partial charge in [0.05, 0.1) is 12.8 Å². The number of methoxy groups -OCH3 is 1. The van der Waals surface area contributed by atoms with Gasteiger partial charge in [-0.2, -0.15) is 0 Å². The summed E-state index contributed by atoms with van der Waals surface area (Å²) in [5.74, 6) is 3.94. The molecule has 110 valence electrons. The summed E-state index contributed by atoms with van der Waals surface area (Å²) in [6.07, 6.45) is 2.36. The van der Waals surface area contributed by atoms with Gasteiger partial charge in [0.15, 0.2) is 0 Å². The largest absolute Gasteiger partial charge is 0.495 e. The van der Waals surface area contributed by atoms with Crippen molar-refractivity contribution in [3.05, 3.63) is 35.7 Å². The van der Waals surface area contributed by atoms with Crippen LogP contribution < -0.4 is 15.4 Å². The lowest BCUT2D eigenvalue weighted by molar-refractivity contribution is 0.417. The normalized spacial score (nSPS) is 13.9. The van der Waals surface area contributed by atoms with E-state index >= 15 is 0 Å². The average Bonchev–Trinajstić information content (AvgIpc) is 3.34. The molecule has 0 aliphatic heterocycles. The van der Waals surface area contributed by atoms with Crippen molar-refractivity contribution in [2.45, 2.75) is 25.7 Å². The van der Waals surface area contributed by atoms with Crippen LogP contribution in [0, 0.1) is 6.92 Å². The van der Waals surface area contributed by atoms with Crippen molar-refractivity contribution < 1.29 is 4.74 Å². The van der Waals surface area contributed by atoms with Crippen LogP contribution in [0.3, 0.4) is 0 Å². The zero-order valence-corrected chi connectivity index (χ0v) is 12.6. The highest BCUT2D eigenvalue weighted by Crippen LogP contribution is 2.40. The first-order chi connectivity index (χ1) is 10.2. The van der Waals surface area contributed by atoms with Crippen LogP contribution in [-0.2, 0) is 0 Å². The fourth-order valence-corrected chi connectivity index (χ4v) is 2.30. The van der Waals surface area contributed by atoms with Crippen LogP contribution in [0.2, 0.25) is 0 Å². The molecule has 0 radical (unpaired) electrons. The van der Waals surface area contributed by atoms with E-state index in [4.69, 9.17) is 9.72 Å². The molecule has 1 aliphatic carbocycles. The van der Waals surface area contributed by atoms with E-state index in [0.29, 0.717) is 5.92 Å². The van der Waals surface area contributed by atoms with Crippen LogP contribution >= 0.6 is 0 Å². The van der Waals surface area contributed by atoms with E-state index in [2.05, 4.69) is 15.6 Å². The highest BCUT2D eigenvalue weighted by molar-refractivity contribution is 5.69. The highest BCUT2D eigenvalue weighted by atomic mass is 16.5. The number of nitrogens with zero attached hydrogens (tertiary/aromatic N) is 2. The summed E-state index contributed by atoms with van der Waals surface area (Å²) in [4.78, 5) is 9.30. The van der Waals surface area contributed by atoms with Gasteiger partial charge in [-0.25, -0.2) is 9.97 Å². The topological polar surface area (TPSA) is 59.1 Å². The Morgan fingerprint density at radius 2 is 1.86 bits per heavy atom. The summed E-state index contributed by atoms with van der Waals surface area (Å²) < 4.78 is 5.38. The summed E-state index contributed by atoms with van der Waals surface area (Å²) in [5, 5.41) is 6.52. The van der Waals surface area contributed by atoms with Gasteiger partial charge >= 0.3 is 0 Å². The summed E-state index contributed by atoms with van der Waals surface area (Å²) in [6, 6.07) is 7.84. The monoisotopic (exact) mass is 284 g/mol. The molecule has 1 fully saturated rings.